The average molecular weight is 211 g/mol. The third-order valence-electron chi connectivity index (χ3n) is 2.85. The summed E-state index contributed by atoms with van der Waals surface area (Å²) in [5.41, 5.74) is 0. The molecule has 1 aliphatic carbocycles. The van der Waals surface area contributed by atoms with E-state index in [1.807, 2.05) is 6.21 Å². The van der Waals surface area contributed by atoms with Crippen LogP contribution in [0, 0.1) is 5.92 Å². The Morgan fingerprint density at radius 2 is 1.67 bits per heavy atom. The van der Waals surface area contributed by atoms with Crippen LogP contribution in [0.4, 0.5) is 0 Å². The quantitative estimate of drug-likeness (QED) is 0.399. The van der Waals surface area contributed by atoms with Crippen LogP contribution in [0.15, 0.2) is 5.16 Å². The zero-order valence-corrected chi connectivity index (χ0v) is 9.58. The number of rotatable bonds is 2. The normalized spacial score (nSPS) is 20.6. The van der Waals surface area contributed by atoms with Crippen LogP contribution < -0.4 is 0 Å². The highest BCUT2D eigenvalue weighted by Crippen LogP contribution is 2.20. The fourth-order valence-corrected chi connectivity index (χ4v) is 2.00. The minimum atomic E-state index is -0.339. The first-order chi connectivity index (χ1) is 7.29. The number of oxime groups is 1. The Labute approximate surface area is 91.9 Å². The third kappa shape index (κ3) is 6.26. The highest BCUT2D eigenvalue weighted by molar-refractivity contribution is 5.67. The van der Waals surface area contributed by atoms with Gasteiger partial charge in [0.25, 0.3) is 0 Å². The third-order valence-corrected chi connectivity index (χ3v) is 2.85. The summed E-state index contributed by atoms with van der Waals surface area (Å²) in [5.74, 6) is 0.164. The molecule has 3 heteroatoms. The number of nitrogens with zero attached hydrogens (tertiary/aromatic N) is 1. The molecule has 0 bridgehead atoms. The molecule has 3 nitrogen and oxygen atoms in total. The minimum absolute atomic E-state index is 0.339. The Balaban J connectivity index is 2.29. The van der Waals surface area contributed by atoms with Gasteiger partial charge in [-0.2, -0.15) is 0 Å². The molecule has 0 atom stereocenters. The summed E-state index contributed by atoms with van der Waals surface area (Å²) in [7, 11) is 0. The maximum atomic E-state index is 10.5. The first-order valence-corrected chi connectivity index (χ1v) is 6.00. The second kappa shape index (κ2) is 7.43. The standard InChI is InChI=1S/C12H21NO2/c1-11(14)15-13-10-12-8-6-4-2-3-5-7-9-12/h10,12H,2-9H2,1H3/b13-10+. The smallest absolute Gasteiger partial charge is 0.319 e. The van der Waals surface area contributed by atoms with Crippen LogP contribution in [0.5, 0.6) is 0 Å². The summed E-state index contributed by atoms with van der Waals surface area (Å²) in [6.45, 7) is 1.38. The van der Waals surface area contributed by atoms with E-state index in [9.17, 15) is 4.79 Å². The van der Waals surface area contributed by atoms with Gasteiger partial charge in [-0.25, -0.2) is 4.79 Å². The summed E-state index contributed by atoms with van der Waals surface area (Å²) in [6, 6.07) is 0. The van der Waals surface area contributed by atoms with Gasteiger partial charge in [0, 0.05) is 13.1 Å². The fraction of sp³-hybridized carbons (Fsp3) is 0.833. The number of hydrogen-bond donors (Lipinski definition) is 0. The van der Waals surface area contributed by atoms with E-state index in [1.165, 1.54) is 58.3 Å². The molecule has 1 saturated carbocycles. The molecule has 0 aliphatic heterocycles. The van der Waals surface area contributed by atoms with Gasteiger partial charge in [-0.3, -0.25) is 0 Å². The van der Waals surface area contributed by atoms with Gasteiger partial charge in [-0.05, 0) is 18.8 Å². The number of carbonyl (C=O) groups is 1. The van der Waals surface area contributed by atoms with Crippen LogP contribution in [0.25, 0.3) is 0 Å². The molecule has 0 N–H and O–H groups in total. The lowest BCUT2D eigenvalue weighted by Gasteiger charge is -2.08. The van der Waals surface area contributed by atoms with E-state index in [4.69, 9.17) is 0 Å². The van der Waals surface area contributed by atoms with E-state index in [-0.39, 0.29) is 5.97 Å². The van der Waals surface area contributed by atoms with Crippen LogP contribution in [-0.4, -0.2) is 12.2 Å². The molecule has 15 heavy (non-hydrogen) atoms. The van der Waals surface area contributed by atoms with E-state index in [2.05, 4.69) is 9.99 Å². The van der Waals surface area contributed by atoms with E-state index in [0.29, 0.717) is 5.92 Å². The molecular weight excluding hydrogens is 190 g/mol. The van der Waals surface area contributed by atoms with Crippen molar-refractivity contribution in [2.24, 2.45) is 11.1 Å². The Kier molecular flexibility index (Phi) is 6.05. The van der Waals surface area contributed by atoms with Crippen LogP contribution in [0.1, 0.15) is 58.3 Å². The van der Waals surface area contributed by atoms with Crippen LogP contribution in [-0.2, 0) is 9.63 Å². The Morgan fingerprint density at radius 3 is 2.20 bits per heavy atom. The summed E-state index contributed by atoms with van der Waals surface area (Å²) in [4.78, 5) is 15.1. The molecule has 0 aromatic heterocycles. The predicted molar refractivity (Wildman–Crippen MR) is 60.7 cm³/mol. The number of carbonyl (C=O) groups excluding carboxylic acids is 1. The lowest BCUT2D eigenvalue weighted by Crippen LogP contribution is -2.03. The van der Waals surface area contributed by atoms with Gasteiger partial charge in [0.2, 0.25) is 0 Å². The van der Waals surface area contributed by atoms with Crippen molar-refractivity contribution in [2.75, 3.05) is 0 Å². The monoisotopic (exact) mass is 211 g/mol. The molecule has 86 valence electrons. The largest absolute Gasteiger partial charge is 0.331 e. The van der Waals surface area contributed by atoms with Crippen molar-refractivity contribution in [2.45, 2.75) is 58.3 Å². The summed E-state index contributed by atoms with van der Waals surface area (Å²) in [5, 5.41) is 3.72. The summed E-state index contributed by atoms with van der Waals surface area (Å²) >= 11 is 0. The zero-order valence-electron chi connectivity index (χ0n) is 9.58. The molecule has 1 aliphatic rings. The SMILES string of the molecule is CC(=O)O/N=C/C1CCCCCCCC1. The van der Waals surface area contributed by atoms with Gasteiger partial charge in [0.1, 0.15) is 0 Å². The van der Waals surface area contributed by atoms with Crippen molar-refractivity contribution in [3.63, 3.8) is 0 Å². The molecule has 0 saturated heterocycles. The molecular formula is C12H21NO2. The topological polar surface area (TPSA) is 38.7 Å². The Bertz CT molecular complexity index is 204. The lowest BCUT2D eigenvalue weighted by molar-refractivity contribution is -0.140. The molecule has 0 heterocycles. The average Bonchev–Trinajstić information content (AvgIpc) is 2.31. The molecule has 0 unspecified atom stereocenters. The van der Waals surface area contributed by atoms with E-state index >= 15 is 0 Å². The first-order valence-electron chi connectivity index (χ1n) is 6.00. The zero-order chi connectivity index (χ0) is 10.9. The highest BCUT2D eigenvalue weighted by Gasteiger charge is 2.08. The molecule has 0 spiro atoms. The maximum Gasteiger partial charge on any atom is 0.331 e. The van der Waals surface area contributed by atoms with E-state index in [0.717, 1.165) is 0 Å². The summed E-state index contributed by atoms with van der Waals surface area (Å²) in [6.07, 6.45) is 12.1. The second-order valence-electron chi connectivity index (χ2n) is 4.30. The van der Waals surface area contributed by atoms with Crippen LogP contribution in [0.2, 0.25) is 0 Å². The van der Waals surface area contributed by atoms with Gasteiger partial charge in [-0.15, -0.1) is 0 Å². The van der Waals surface area contributed by atoms with Gasteiger partial charge in [-0.1, -0.05) is 43.7 Å². The van der Waals surface area contributed by atoms with Crippen molar-refractivity contribution in [1.29, 1.82) is 0 Å². The van der Waals surface area contributed by atoms with Crippen LogP contribution >= 0.6 is 0 Å². The van der Waals surface area contributed by atoms with Crippen molar-refractivity contribution in [1.82, 2.24) is 0 Å². The molecule has 1 fully saturated rings. The number of hydrogen-bond acceptors (Lipinski definition) is 3. The summed E-state index contributed by atoms with van der Waals surface area (Å²) < 4.78 is 0. The van der Waals surface area contributed by atoms with Gasteiger partial charge in [0.05, 0.1) is 0 Å². The molecule has 0 aromatic rings. The van der Waals surface area contributed by atoms with Crippen LogP contribution in [0.3, 0.4) is 0 Å². The predicted octanol–water partition coefficient (Wildman–Crippen LogP) is 3.29. The second-order valence-corrected chi connectivity index (χ2v) is 4.30. The van der Waals surface area contributed by atoms with Gasteiger partial charge < -0.3 is 4.84 Å². The first kappa shape index (κ1) is 12.2. The molecule has 0 aromatic carbocycles. The maximum absolute atomic E-state index is 10.5. The van der Waals surface area contributed by atoms with E-state index in [1.54, 1.807) is 0 Å². The van der Waals surface area contributed by atoms with Crippen molar-refractivity contribution < 1.29 is 9.63 Å². The van der Waals surface area contributed by atoms with Crippen molar-refractivity contribution in [3.05, 3.63) is 0 Å². The minimum Gasteiger partial charge on any atom is -0.319 e. The van der Waals surface area contributed by atoms with Crippen molar-refractivity contribution >= 4 is 12.2 Å². The Morgan fingerprint density at radius 1 is 1.13 bits per heavy atom. The highest BCUT2D eigenvalue weighted by atomic mass is 16.7. The molecule has 1 rings (SSSR count). The molecule has 0 amide bonds. The van der Waals surface area contributed by atoms with E-state index < -0.39 is 0 Å². The fourth-order valence-electron chi connectivity index (χ4n) is 2.00. The lowest BCUT2D eigenvalue weighted by atomic mass is 9.98. The Hall–Kier alpha value is -0.860. The van der Waals surface area contributed by atoms with Crippen molar-refractivity contribution in [3.8, 4) is 0 Å². The van der Waals surface area contributed by atoms with Gasteiger partial charge >= 0.3 is 5.97 Å². The van der Waals surface area contributed by atoms with Gasteiger partial charge in [0.15, 0.2) is 0 Å². The molecule has 0 radical (unpaired) electrons.